The summed E-state index contributed by atoms with van der Waals surface area (Å²) < 4.78 is 0. The molecule has 0 heterocycles. The monoisotopic (exact) mass is 343 g/mol. The highest BCUT2D eigenvalue weighted by molar-refractivity contribution is 5.97. The molecular weight excluding hydrogens is 326 g/mol. The summed E-state index contributed by atoms with van der Waals surface area (Å²) in [5.41, 5.74) is 10.3. The topological polar surface area (TPSA) is 99.1 Å². The normalized spacial score (nSPS) is 10.1. The van der Waals surface area contributed by atoms with E-state index in [9.17, 15) is 15.2 Å². The Morgan fingerprint density at radius 1 is 1.04 bits per heavy atom. The average molecular weight is 343 g/mol. The molecule has 4 N–H and O–H groups in total. The van der Waals surface area contributed by atoms with Gasteiger partial charge in [0.15, 0.2) is 0 Å². The van der Waals surface area contributed by atoms with Crippen molar-refractivity contribution in [1.29, 1.82) is 5.26 Å². The maximum Gasteiger partial charge on any atom is 0.337 e. The molecule has 0 bridgehead atoms. The minimum atomic E-state index is -1.02. The predicted octanol–water partition coefficient (Wildman–Crippen LogP) is 4.12. The largest absolute Gasteiger partial charge is 0.478 e. The van der Waals surface area contributed by atoms with Crippen LogP contribution in [0.5, 0.6) is 0 Å². The zero-order chi connectivity index (χ0) is 18.5. The molecule has 0 unspecified atom stereocenters. The van der Waals surface area contributed by atoms with Gasteiger partial charge in [0.25, 0.3) is 0 Å². The molecule has 3 aromatic rings. The highest BCUT2D eigenvalue weighted by Crippen LogP contribution is 2.26. The molecule has 5 nitrogen and oxygen atoms in total. The number of hydrogen-bond donors (Lipinski definition) is 3. The lowest BCUT2D eigenvalue weighted by Gasteiger charge is -2.13. The Labute approximate surface area is 151 Å². The van der Waals surface area contributed by atoms with Crippen LogP contribution in [0.3, 0.4) is 0 Å². The number of carbonyl (C=O) groups is 1. The molecule has 0 aliphatic rings. The highest BCUT2D eigenvalue weighted by atomic mass is 16.4. The SMILES string of the molecule is N#Cc1ccccc1-c1ccc(CNc2c(N)cccc2C(=O)O)cc1. The van der Waals surface area contributed by atoms with Gasteiger partial charge in [-0.05, 0) is 34.9 Å². The predicted molar refractivity (Wildman–Crippen MR) is 102 cm³/mol. The number of nitrogens with two attached hydrogens (primary N) is 1. The molecule has 5 heteroatoms. The molecule has 0 fully saturated rings. The molecule has 0 amide bonds. The van der Waals surface area contributed by atoms with Gasteiger partial charge in [0, 0.05) is 6.54 Å². The van der Waals surface area contributed by atoms with E-state index < -0.39 is 5.97 Å². The van der Waals surface area contributed by atoms with Crippen LogP contribution in [-0.2, 0) is 6.54 Å². The molecule has 0 atom stereocenters. The third-order valence-electron chi connectivity index (χ3n) is 4.11. The van der Waals surface area contributed by atoms with E-state index in [1.54, 1.807) is 18.2 Å². The summed E-state index contributed by atoms with van der Waals surface area (Å²) in [6.45, 7) is 0.439. The van der Waals surface area contributed by atoms with Crippen molar-refractivity contribution in [1.82, 2.24) is 0 Å². The number of para-hydroxylation sites is 1. The minimum absolute atomic E-state index is 0.143. The number of carboxylic acids is 1. The molecule has 26 heavy (non-hydrogen) atoms. The first-order chi connectivity index (χ1) is 12.6. The lowest BCUT2D eigenvalue weighted by molar-refractivity contribution is 0.0698. The second kappa shape index (κ2) is 7.41. The molecule has 3 rings (SSSR count). The summed E-state index contributed by atoms with van der Waals surface area (Å²) in [5.74, 6) is -1.02. The van der Waals surface area contributed by atoms with Crippen molar-refractivity contribution < 1.29 is 9.90 Å². The third kappa shape index (κ3) is 3.50. The van der Waals surface area contributed by atoms with Gasteiger partial charge in [-0.2, -0.15) is 5.26 Å². The summed E-state index contributed by atoms with van der Waals surface area (Å²) in [5, 5.41) is 21.6. The van der Waals surface area contributed by atoms with Crippen LogP contribution in [0.1, 0.15) is 21.5 Å². The van der Waals surface area contributed by atoms with E-state index in [1.165, 1.54) is 6.07 Å². The number of benzene rings is 3. The van der Waals surface area contributed by atoms with Gasteiger partial charge in [0.1, 0.15) is 0 Å². The van der Waals surface area contributed by atoms with Crippen LogP contribution in [0.2, 0.25) is 0 Å². The van der Waals surface area contributed by atoms with Crippen LogP contribution in [-0.4, -0.2) is 11.1 Å². The fourth-order valence-corrected chi connectivity index (χ4v) is 2.77. The minimum Gasteiger partial charge on any atom is -0.478 e. The molecule has 0 radical (unpaired) electrons. The van der Waals surface area contributed by atoms with Crippen LogP contribution < -0.4 is 11.1 Å². The second-order valence-electron chi connectivity index (χ2n) is 5.78. The van der Waals surface area contributed by atoms with Gasteiger partial charge in [0.05, 0.1) is 28.6 Å². The number of carboxylic acid groups (broad SMARTS) is 1. The Morgan fingerprint density at radius 2 is 1.77 bits per heavy atom. The number of nitrogen functional groups attached to an aromatic ring is 1. The van der Waals surface area contributed by atoms with Crippen molar-refractivity contribution in [3.05, 3.63) is 83.4 Å². The molecule has 128 valence electrons. The zero-order valence-corrected chi connectivity index (χ0v) is 13.9. The number of anilines is 2. The maximum atomic E-state index is 11.3. The Hall–Kier alpha value is -3.78. The van der Waals surface area contributed by atoms with E-state index in [1.807, 2.05) is 42.5 Å². The second-order valence-corrected chi connectivity index (χ2v) is 5.78. The number of nitrogens with zero attached hydrogens (tertiary/aromatic N) is 1. The van der Waals surface area contributed by atoms with Crippen LogP contribution in [0.25, 0.3) is 11.1 Å². The Kier molecular flexibility index (Phi) is 4.86. The van der Waals surface area contributed by atoms with Gasteiger partial charge < -0.3 is 16.2 Å². The van der Waals surface area contributed by atoms with E-state index in [2.05, 4.69) is 11.4 Å². The number of rotatable bonds is 5. The Morgan fingerprint density at radius 3 is 2.46 bits per heavy atom. The molecular formula is C21H17N3O2. The number of nitrogens with one attached hydrogen (secondary N) is 1. The smallest absolute Gasteiger partial charge is 0.337 e. The first-order valence-electron chi connectivity index (χ1n) is 8.04. The Bertz CT molecular complexity index is 989. The van der Waals surface area contributed by atoms with E-state index >= 15 is 0 Å². The first-order valence-corrected chi connectivity index (χ1v) is 8.04. The quantitative estimate of drug-likeness (QED) is 0.605. The summed E-state index contributed by atoms with van der Waals surface area (Å²) >= 11 is 0. The number of aromatic carboxylic acids is 1. The molecule has 0 aliphatic heterocycles. The van der Waals surface area contributed by atoms with Crippen LogP contribution in [0, 0.1) is 11.3 Å². The van der Waals surface area contributed by atoms with E-state index in [0.29, 0.717) is 23.5 Å². The molecule has 0 saturated heterocycles. The Balaban J connectivity index is 1.79. The first kappa shape index (κ1) is 17.1. The molecule has 0 aromatic heterocycles. The van der Waals surface area contributed by atoms with Crippen LogP contribution in [0.15, 0.2) is 66.7 Å². The van der Waals surface area contributed by atoms with Gasteiger partial charge in [0.2, 0.25) is 0 Å². The lowest BCUT2D eigenvalue weighted by Crippen LogP contribution is -2.08. The van der Waals surface area contributed by atoms with Crippen LogP contribution >= 0.6 is 0 Å². The summed E-state index contributed by atoms with van der Waals surface area (Å²) in [4.78, 5) is 11.3. The molecule has 0 aliphatic carbocycles. The third-order valence-corrected chi connectivity index (χ3v) is 4.11. The van der Waals surface area contributed by atoms with Gasteiger partial charge in [-0.25, -0.2) is 4.79 Å². The summed E-state index contributed by atoms with van der Waals surface area (Å²) in [6.07, 6.45) is 0. The highest BCUT2D eigenvalue weighted by Gasteiger charge is 2.12. The van der Waals surface area contributed by atoms with Crippen molar-refractivity contribution in [2.75, 3.05) is 11.1 Å². The summed E-state index contributed by atoms with van der Waals surface area (Å²) in [7, 11) is 0. The van der Waals surface area contributed by atoms with Crippen molar-refractivity contribution in [3.8, 4) is 17.2 Å². The number of hydrogen-bond acceptors (Lipinski definition) is 4. The lowest BCUT2D eigenvalue weighted by atomic mass is 9.99. The van der Waals surface area contributed by atoms with Crippen molar-refractivity contribution in [3.63, 3.8) is 0 Å². The average Bonchev–Trinajstić information content (AvgIpc) is 2.67. The standard InChI is InChI=1S/C21H17N3O2/c22-12-16-4-1-2-5-17(16)15-10-8-14(9-11-15)13-24-20-18(21(25)26)6-3-7-19(20)23/h1-11,24H,13,23H2,(H,25,26). The fraction of sp³-hybridized carbons (Fsp3) is 0.0476. The van der Waals surface area contributed by atoms with Crippen LogP contribution in [0.4, 0.5) is 11.4 Å². The molecule has 0 saturated carbocycles. The van der Waals surface area contributed by atoms with Gasteiger partial charge >= 0.3 is 5.97 Å². The molecule has 0 spiro atoms. The van der Waals surface area contributed by atoms with Crippen molar-refractivity contribution in [2.45, 2.75) is 6.54 Å². The van der Waals surface area contributed by atoms with E-state index in [4.69, 9.17) is 5.73 Å². The van der Waals surface area contributed by atoms with Gasteiger partial charge in [-0.1, -0.05) is 48.5 Å². The number of nitriles is 1. The summed E-state index contributed by atoms with van der Waals surface area (Å²) in [6, 6.07) is 22.2. The van der Waals surface area contributed by atoms with E-state index in [0.717, 1.165) is 16.7 Å². The van der Waals surface area contributed by atoms with E-state index in [-0.39, 0.29) is 5.56 Å². The fourth-order valence-electron chi connectivity index (χ4n) is 2.77. The molecule has 3 aromatic carbocycles. The zero-order valence-electron chi connectivity index (χ0n) is 13.9. The maximum absolute atomic E-state index is 11.3. The van der Waals surface area contributed by atoms with Crippen molar-refractivity contribution in [2.24, 2.45) is 0 Å². The van der Waals surface area contributed by atoms with Crippen molar-refractivity contribution >= 4 is 17.3 Å². The van der Waals surface area contributed by atoms with Gasteiger partial charge in [-0.3, -0.25) is 0 Å². The van der Waals surface area contributed by atoms with Gasteiger partial charge in [-0.15, -0.1) is 0 Å².